The first kappa shape index (κ1) is 8.89. The molecule has 3 N–H and O–H groups in total. The molecule has 0 aliphatic heterocycles. The monoisotopic (exact) mass is 208 g/mol. The zero-order valence-electron chi connectivity index (χ0n) is 7.44. The van der Waals surface area contributed by atoms with E-state index >= 15 is 0 Å². The number of aromatic amines is 1. The van der Waals surface area contributed by atoms with Crippen molar-refractivity contribution >= 4 is 17.3 Å². The van der Waals surface area contributed by atoms with Crippen molar-refractivity contribution in [3.8, 4) is 10.7 Å². The summed E-state index contributed by atoms with van der Waals surface area (Å²) in [4.78, 5) is 21.9. The second kappa shape index (κ2) is 3.22. The lowest BCUT2D eigenvalue weighted by molar-refractivity contribution is 1.01. The largest absolute Gasteiger partial charge is 0.368 e. The van der Waals surface area contributed by atoms with E-state index in [1.807, 2.05) is 18.4 Å². The SMILES string of the molecule is Cc1ccsc1-c1nc(N)nc(=O)[nH]1. The van der Waals surface area contributed by atoms with E-state index in [4.69, 9.17) is 5.73 Å². The van der Waals surface area contributed by atoms with Gasteiger partial charge in [-0.3, -0.25) is 4.98 Å². The number of rotatable bonds is 1. The van der Waals surface area contributed by atoms with Gasteiger partial charge in [0.2, 0.25) is 5.95 Å². The molecule has 0 spiro atoms. The number of hydrogen-bond acceptors (Lipinski definition) is 5. The van der Waals surface area contributed by atoms with Crippen LogP contribution in [0.15, 0.2) is 16.2 Å². The van der Waals surface area contributed by atoms with Gasteiger partial charge in [-0.25, -0.2) is 4.79 Å². The van der Waals surface area contributed by atoms with Gasteiger partial charge >= 0.3 is 5.69 Å². The normalized spacial score (nSPS) is 10.4. The van der Waals surface area contributed by atoms with Crippen LogP contribution in [0, 0.1) is 6.92 Å². The summed E-state index contributed by atoms with van der Waals surface area (Å²) in [6, 6.07) is 1.95. The first-order valence-corrected chi connectivity index (χ1v) is 4.83. The van der Waals surface area contributed by atoms with Crippen molar-refractivity contribution in [3.63, 3.8) is 0 Å². The molecule has 5 nitrogen and oxygen atoms in total. The average Bonchev–Trinajstić information content (AvgIpc) is 2.49. The van der Waals surface area contributed by atoms with Crippen molar-refractivity contribution in [2.45, 2.75) is 6.92 Å². The molecule has 0 aliphatic carbocycles. The highest BCUT2D eigenvalue weighted by Gasteiger charge is 2.07. The number of nitrogens with one attached hydrogen (secondary N) is 1. The third kappa shape index (κ3) is 1.51. The molecule has 6 heteroatoms. The topological polar surface area (TPSA) is 84.7 Å². The third-order valence-electron chi connectivity index (χ3n) is 1.74. The van der Waals surface area contributed by atoms with Gasteiger partial charge in [-0.2, -0.15) is 9.97 Å². The van der Waals surface area contributed by atoms with Gasteiger partial charge in [-0.05, 0) is 23.9 Å². The van der Waals surface area contributed by atoms with Gasteiger partial charge in [0, 0.05) is 0 Å². The molecule has 0 aliphatic rings. The molecular weight excluding hydrogens is 200 g/mol. The summed E-state index contributed by atoms with van der Waals surface area (Å²) in [5, 5.41) is 1.93. The number of hydrogen-bond donors (Lipinski definition) is 2. The standard InChI is InChI=1S/C8H8N4OS/c1-4-2-3-14-5(4)6-10-7(9)12-8(13)11-6/h2-3H,1H3,(H3,9,10,11,12,13). The highest BCUT2D eigenvalue weighted by atomic mass is 32.1. The van der Waals surface area contributed by atoms with Crippen LogP contribution in [0.3, 0.4) is 0 Å². The fourth-order valence-electron chi connectivity index (χ4n) is 1.12. The van der Waals surface area contributed by atoms with E-state index in [2.05, 4.69) is 15.0 Å². The third-order valence-corrected chi connectivity index (χ3v) is 2.77. The predicted octanol–water partition coefficient (Wildman–Crippen LogP) is 0.784. The number of aryl methyl sites for hydroxylation is 1. The molecular formula is C8H8N4OS. The van der Waals surface area contributed by atoms with E-state index in [1.165, 1.54) is 11.3 Å². The molecule has 0 atom stereocenters. The van der Waals surface area contributed by atoms with Crippen LogP contribution in [0.2, 0.25) is 0 Å². The summed E-state index contributed by atoms with van der Waals surface area (Å²) in [6.45, 7) is 1.95. The van der Waals surface area contributed by atoms with Gasteiger partial charge in [-0.1, -0.05) is 0 Å². The Morgan fingerprint density at radius 3 is 2.86 bits per heavy atom. The molecule has 2 heterocycles. The zero-order valence-corrected chi connectivity index (χ0v) is 8.26. The van der Waals surface area contributed by atoms with Gasteiger partial charge in [0.15, 0.2) is 5.82 Å². The summed E-state index contributed by atoms with van der Waals surface area (Å²) in [5.41, 5.74) is 5.97. The molecule has 72 valence electrons. The number of anilines is 1. The number of thiophene rings is 1. The van der Waals surface area contributed by atoms with Crippen LogP contribution in [-0.2, 0) is 0 Å². The molecule has 0 unspecified atom stereocenters. The van der Waals surface area contributed by atoms with E-state index in [0.717, 1.165) is 10.4 Å². The van der Waals surface area contributed by atoms with Crippen LogP contribution in [0.4, 0.5) is 5.95 Å². The zero-order chi connectivity index (χ0) is 10.1. The lowest BCUT2D eigenvalue weighted by atomic mass is 10.3. The average molecular weight is 208 g/mol. The highest BCUT2D eigenvalue weighted by Crippen LogP contribution is 2.24. The quantitative estimate of drug-likeness (QED) is 0.725. The fourth-order valence-corrected chi connectivity index (χ4v) is 1.99. The number of aromatic nitrogens is 3. The Morgan fingerprint density at radius 2 is 2.29 bits per heavy atom. The van der Waals surface area contributed by atoms with E-state index in [-0.39, 0.29) is 5.95 Å². The van der Waals surface area contributed by atoms with E-state index < -0.39 is 5.69 Å². The maximum absolute atomic E-state index is 11.0. The van der Waals surface area contributed by atoms with Crippen molar-refractivity contribution in [3.05, 3.63) is 27.5 Å². The lowest BCUT2D eigenvalue weighted by Crippen LogP contribution is -2.15. The van der Waals surface area contributed by atoms with Crippen LogP contribution < -0.4 is 11.4 Å². The Morgan fingerprint density at radius 1 is 1.50 bits per heavy atom. The molecule has 0 saturated carbocycles. The maximum atomic E-state index is 11.0. The van der Waals surface area contributed by atoms with Gasteiger partial charge < -0.3 is 5.73 Å². The molecule has 0 radical (unpaired) electrons. The molecule has 0 aromatic carbocycles. The number of nitrogens with two attached hydrogens (primary N) is 1. The molecule has 0 amide bonds. The minimum atomic E-state index is -0.472. The Balaban J connectivity index is 2.63. The molecule has 2 rings (SSSR count). The van der Waals surface area contributed by atoms with Gasteiger partial charge in [0.1, 0.15) is 0 Å². The molecule has 0 fully saturated rings. The summed E-state index contributed by atoms with van der Waals surface area (Å²) in [7, 11) is 0. The smallest absolute Gasteiger partial charge is 0.349 e. The molecule has 0 saturated heterocycles. The molecule has 0 bridgehead atoms. The molecule has 2 aromatic heterocycles. The van der Waals surface area contributed by atoms with Gasteiger partial charge in [-0.15, -0.1) is 11.3 Å². The summed E-state index contributed by atoms with van der Waals surface area (Å²) < 4.78 is 0. The Hall–Kier alpha value is -1.69. The predicted molar refractivity (Wildman–Crippen MR) is 55.1 cm³/mol. The Bertz CT molecular complexity index is 516. The minimum absolute atomic E-state index is 0.00319. The fraction of sp³-hybridized carbons (Fsp3) is 0.125. The van der Waals surface area contributed by atoms with Crippen LogP contribution >= 0.6 is 11.3 Å². The summed E-state index contributed by atoms with van der Waals surface area (Å²) in [6.07, 6.45) is 0. The maximum Gasteiger partial charge on any atom is 0.349 e. The number of nitrogen functional groups attached to an aromatic ring is 1. The van der Waals surface area contributed by atoms with Crippen molar-refractivity contribution < 1.29 is 0 Å². The second-order valence-corrected chi connectivity index (χ2v) is 3.71. The van der Waals surface area contributed by atoms with Crippen molar-refractivity contribution in [2.24, 2.45) is 0 Å². The van der Waals surface area contributed by atoms with Crippen molar-refractivity contribution in [1.29, 1.82) is 0 Å². The Kier molecular flexibility index (Phi) is 2.05. The van der Waals surface area contributed by atoms with Crippen molar-refractivity contribution in [1.82, 2.24) is 15.0 Å². The number of nitrogens with zero attached hydrogens (tertiary/aromatic N) is 2. The van der Waals surface area contributed by atoms with E-state index in [1.54, 1.807) is 0 Å². The summed E-state index contributed by atoms with van der Waals surface area (Å²) in [5.74, 6) is 0.478. The van der Waals surface area contributed by atoms with Crippen LogP contribution in [0.5, 0.6) is 0 Å². The summed E-state index contributed by atoms with van der Waals surface area (Å²) >= 11 is 1.50. The van der Waals surface area contributed by atoms with Crippen LogP contribution in [-0.4, -0.2) is 15.0 Å². The first-order valence-electron chi connectivity index (χ1n) is 3.95. The second-order valence-electron chi connectivity index (χ2n) is 2.79. The molecule has 2 aromatic rings. The first-order chi connectivity index (χ1) is 6.66. The Labute approximate surface area is 83.7 Å². The number of H-pyrrole nitrogens is 1. The van der Waals surface area contributed by atoms with Gasteiger partial charge in [0.05, 0.1) is 4.88 Å². The van der Waals surface area contributed by atoms with E-state index in [0.29, 0.717) is 5.82 Å². The van der Waals surface area contributed by atoms with E-state index in [9.17, 15) is 4.79 Å². The molecule has 14 heavy (non-hydrogen) atoms. The van der Waals surface area contributed by atoms with Gasteiger partial charge in [0.25, 0.3) is 0 Å². The van der Waals surface area contributed by atoms with Crippen molar-refractivity contribution in [2.75, 3.05) is 5.73 Å². The van der Waals surface area contributed by atoms with Crippen LogP contribution in [0.25, 0.3) is 10.7 Å². The lowest BCUT2D eigenvalue weighted by Gasteiger charge is -1.98. The highest BCUT2D eigenvalue weighted by molar-refractivity contribution is 7.13. The minimum Gasteiger partial charge on any atom is -0.368 e. The van der Waals surface area contributed by atoms with Crippen LogP contribution in [0.1, 0.15) is 5.56 Å².